The van der Waals surface area contributed by atoms with Crippen LogP contribution in [0.3, 0.4) is 0 Å². The van der Waals surface area contributed by atoms with Crippen molar-refractivity contribution in [2.24, 2.45) is 0 Å². The number of phenolic OH excluding ortho intramolecular Hbond substituents is 1. The fourth-order valence-electron chi connectivity index (χ4n) is 3.21. The Morgan fingerprint density at radius 2 is 1.17 bits per heavy atom. The van der Waals surface area contributed by atoms with Crippen molar-refractivity contribution in [3.63, 3.8) is 0 Å². The zero-order valence-electron chi connectivity index (χ0n) is 19.6. The van der Waals surface area contributed by atoms with Crippen molar-refractivity contribution in [2.75, 3.05) is 0 Å². The summed E-state index contributed by atoms with van der Waals surface area (Å²) in [4.78, 5) is 0. The molecule has 5 rings (SSSR count). The van der Waals surface area contributed by atoms with Crippen LogP contribution in [0.15, 0.2) is 133 Å². The molecule has 4 aromatic rings. The summed E-state index contributed by atoms with van der Waals surface area (Å²) in [7, 11) is 0. The van der Waals surface area contributed by atoms with E-state index in [-0.39, 0.29) is 24.8 Å². The summed E-state index contributed by atoms with van der Waals surface area (Å²) in [6.45, 7) is 2.06. The zero-order chi connectivity index (χ0) is 23.3. The molecule has 0 aromatic heterocycles. The van der Waals surface area contributed by atoms with Crippen molar-refractivity contribution in [3.8, 4) is 16.9 Å². The fourth-order valence-corrected chi connectivity index (χ4v) is 3.73. The zero-order valence-corrected chi connectivity index (χ0v) is 22.8. The molecule has 0 saturated heterocycles. The molecule has 0 amide bonds. The van der Waals surface area contributed by atoms with Gasteiger partial charge in [0.05, 0.1) is 0 Å². The predicted molar refractivity (Wildman–Crippen MR) is 150 cm³/mol. The van der Waals surface area contributed by atoms with Gasteiger partial charge in [0.2, 0.25) is 0 Å². The van der Waals surface area contributed by atoms with E-state index in [4.69, 9.17) is 0 Å². The third-order valence-corrected chi connectivity index (χ3v) is 5.85. The molecule has 0 fully saturated rings. The molecule has 0 saturated carbocycles. The number of allylic oxidation sites excluding steroid dienone is 4. The van der Waals surface area contributed by atoms with E-state index < -0.39 is 0 Å². The van der Waals surface area contributed by atoms with Crippen LogP contribution < -0.4 is 0 Å². The Hall–Kier alpha value is -2.68. The van der Waals surface area contributed by atoms with Gasteiger partial charge in [-0.3, -0.25) is 6.08 Å². The van der Waals surface area contributed by atoms with E-state index in [1.54, 1.807) is 12.1 Å². The van der Waals surface area contributed by atoms with Crippen LogP contribution in [0, 0.1) is 6.08 Å². The van der Waals surface area contributed by atoms with E-state index in [1.807, 2.05) is 54.6 Å². The van der Waals surface area contributed by atoms with Gasteiger partial charge in [0.1, 0.15) is 5.75 Å². The molecule has 1 nitrogen and oxygen atoms in total. The predicted octanol–water partition coefficient (Wildman–Crippen LogP) is 8.40. The maximum atomic E-state index is 9.27. The number of halogens is 2. The summed E-state index contributed by atoms with van der Waals surface area (Å²) in [5, 5.41) is 9.27. The molecule has 0 atom stereocenters. The van der Waals surface area contributed by atoms with Crippen LogP contribution in [0.5, 0.6) is 5.75 Å². The summed E-state index contributed by atoms with van der Waals surface area (Å²) in [6.07, 6.45) is 8.33. The van der Waals surface area contributed by atoms with Crippen LogP contribution >= 0.6 is 24.8 Å². The number of benzene rings is 4. The Balaban J connectivity index is 0.000000273. The van der Waals surface area contributed by atoms with Gasteiger partial charge in [-0.25, -0.2) is 11.6 Å². The number of aromatic hydroxyl groups is 1. The van der Waals surface area contributed by atoms with Crippen molar-refractivity contribution in [3.05, 3.63) is 150 Å². The van der Waals surface area contributed by atoms with Crippen molar-refractivity contribution >= 4 is 28.6 Å². The first-order chi connectivity index (χ1) is 16.1. The van der Waals surface area contributed by atoms with Crippen LogP contribution in [0.25, 0.3) is 11.1 Å². The minimum atomic E-state index is 0. The molecule has 1 aliphatic carbocycles. The summed E-state index contributed by atoms with van der Waals surface area (Å²) < 4.78 is 1.33. The number of hydrogen-bond donors (Lipinski definition) is 1. The van der Waals surface area contributed by atoms with E-state index in [0.29, 0.717) is 5.75 Å². The minimum absolute atomic E-state index is 0. The summed E-state index contributed by atoms with van der Waals surface area (Å²) in [5.41, 5.74) is 6.02. The normalized spacial score (nSPS) is 10.8. The molecule has 177 valence electrons. The fraction of sp³-hybridized carbons (Fsp3) is 0.0645. The molecular weight excluding hydrogens is 507 g/mol. The monoisotopic (exact) mass is 535 g/mol. The summed E-state index contributed by atoms with van der Waals surface area (Å²) in [6, 6.07) is 38.2. The first-order valence-electron chi connectivity index (χ1n) is 10.9. The second-order valence-corrected chi connectivity index (χ2v) is 8.27. The molecule has 0 spiro atoms. The van der Waals surface area contributed by atoms with Gasteiger partial charge in [0, 0.05) is 0 Å². The Morgan fingerprint density at radius 3 is 1.57 bits per heavy atom. The second kappa shape index (κ2) is 16.9. The topological polar surface area (TPSA) is 20.2 Å². The summed E-state index contributed by atoms with van der Waals surface area (Å²) >= 11 is 2.16. The van der Waals surface area contributed by atoms with Crippen molar-refractivity contribution in [1.29, 1.82) is 0 Å². The van der Waals surface area contributed by atoms with Crippen molar-refractivity contribution < 1.29 is 25.1 Å². The molecule has 1 aliphatic rings. The third-order valence-electron chi connectivity index (χ3n) is 4.94. The van der Waals surface area contributed by atoms with E-state index in [2.05, 4.69) is 93.7 Å². The van der Waals surface area contributed by atoms with Gasteiger partial charge in [-0.15, -0.1) is 31.2 Å². The van der Waals surface area contributed by atoms with Gasteiger partial charge >= 0.3 is 95.6 Å². The number of hydrogen-bond acceptors (Lipinski definition) is 1. The average Bonchev–Trinajstić information content (AvgIpc) is 3.37. The van der Waals surface area contributed by atoms with Crippen molar-refractivity contribution in [1.82, 2.24) is 0 Å². The Bertz CT molecular complexity index is 1160. The van der Waals surface area contributed by atoms with Crippen LogP contribution in [0.4, 0.5) is 0 Å². The van der Waals surface area contributed by atoms with Gasteiger partial charge < -0.3 is 5.11 Å². The SMILES string of the molecule is CC1=[C-]CC=C1.Cl.Cl.Oc1cccc(-c2ccccc2)c1.[Ti+]=[C](c1ccccc1)c1ccccc1. The van der Waals surface area contributed by atoms with E-state index >= 15 is 0 Å². The van der Waals surface area contributed by atoms with Crippen LogP contribution in [0.2, 0.25) is 0 Å². The van der Waals surface area contributed by atoms with E-state index in [1.165, 1.54) is 20.5 Å². The standard InChI is InChI=1S/C13H10.C12H10O.C6H7.2ClH.Ti/c1-3-7-12(8-4-1)11-13-9-5-2-6-10-13;13-12-8-4-7-11(9-12)10-5-2-1-3-6-10;1-6-4-2-3-5-6;;;/h1-10H;1-9,13H;2,4H,3H2,1H3;2*1H;/q;;-1;;;+1. The van der Waals surface area contributed by atoms with E-state index in [0.717, 1.165) is 17.5 Å². The van der Waals surface area contributed by atoms with Crippen LogP contribution in [-0.2, 0) is 20.0 Å². The Labute approximate surface area is 233 Å². The van der Waals surface area contributed by atoms with Crippen LogP contribution in [0.1, 0.15) is 24.5 Å². The number of rotatable bonds is 3. The van der Waals surface area contributed by atoms with Gasteiger partial charge in [-0.2, -0.15) is 6.08 Å². The van der Waals surface area contributed by atoms with Crippen molar-refractivity contribution in [2.45, 2.75) is 13.3 Å². The van der Waals surface area contributed by atoms with E-state index in [9.17, 15) is 5.11 Å². The molecule has 35 heavy (non-hydrogen) atoms. The van der Waals surface area contributed by atoms with Gasteiger partial charge in [-0.05, 0) is 23.3 Å². The first-order valence-corrected chi connectivity index (χ1v) is 11.7. The molecule has 1 N–H and O–H groups in total. The van der Waals surface area contributed by atoms with Gasteiger partial charge in [0.25, 0.3) is 0 Å². The van der Waals surface area contributed by atoms with Gasteiger partial charge in [0.15, 0.2) is 0 Å². The molecule has 0 aliphatic heterocycles. The second-order valence-electron chi connectivity index (χ2n) is 7.49. The molecular formula is C31H29Cl2OTi. The molecule has 0 radical (unpaired) electrons. The summed E-state index contributed by atoms with van der Waals surface area (Å²) in [5.74, 6) is 0.307. The number of phenols is 1. The average molecular weight is 536 g/mol. The molecule has 0 heterocycles. The molecule has 0 unspecified atom stereocenters. The third kappa shape index (κ3) is 10.6. The quantitative estimate of drug-likeness (QED) is 0.206. The maximum absolute atomic E-state index is 9.27. The van der Waals surface area contributed by atoms with Crippen LogP contribution in [-0.4, -0.2) is 8.92 Å². The Kier molecular flexibility index (Phi) is 14.6. The Morgan fingerprint density at radius 1 is 0.686 bits per heavy atom. The first kappa shape index (κ1) is 30.4. The molecule has 4 aromatic carbocycles. The van der Waals surface area contributed by atoms with Gasteiger partial charge in [-0.1, -0.05) is 49.4 Å². The molecule has 0 bridgehead atoms. The molecule has 4 heteroatoms.